The molecule has 108 valence electrons. The first kappa shape index (κ1) is 14.8. The van der Waals surface area contributed by atoms with E-state index in [1.807, 2.05) is 0 Å². The van der Waals surface area contributed by atoms with Crippen molar-refractivity contribution in [3.63, 3.8) is 0 Å². The lowest BCUT2D eigenvalue weighted by Crippen LogP contribution is -2.03. The number of rotatable bonds is 4. The maximum atomic E-state index is 11.2. The molecule has 0 aliphatic carbocycles. The lowest BCUT2D eigenvalue weighted by Gasteiger charge is -2.08. The number of hydrogen-bond donors (Lipinski definition) is 4. The molecule has 0 heterocycles. The lowest BCUT2D eigenvalue weighted by molar-refractivity contribution is -0.432. The Labute approximate surface area is 117 Å². The molecule has 0 bridgehead atoms. The van der Waals surface area contributed by atoms with E-state index in [4.69, 9.17) is 15.5 Å². The molecule has 8 nitrogen and oxygen atoms in total. The van der Waals surface area contributed by atoms with Crippen LogP contribution in [0.5, 0.6) is 5.75 Å². The molecule has 0 spiro atoms. The normalized spacial score (nSPS) is 11.9. The van der Waals surface area contributed by atoms with Gasteiger partial charge >= 0.3 is 0 Å². The Kier molecular flexibility index (Phi) is 4.04. The third-order valence-electron chi connectivity index (χ3n) is 2.47. The first-order valence-electron chi connectivity index (χ1n) is 5.01. The molecular formula is C10H9NO7S2. The second-order valence-corrected chi connectivity index (χ2v) is 5.92. The summed E-state index contributed by atoms with van der Waals surface area (Å²) >= 11 is 0.592. The number of nitrogen functional groups attached to an aromatic ring is 1. The molecule has 0 fully saturated rings. The van der Waals surface area contributed by atoms with Gasteiger partial charge in [-0.15, -0.1) is 4.33 Å². The molecule has 0 unspecified atom stereocenters. The topological polar surface area (TPSA) is 139 Å². The number of hydrogen-bond acceptors (Lipinski definition) is 8. The summed E-state index contributed by atoms with van der Waals surface area (Å²) in [5.41, 5.74) is 5.34. The quantitative estimate of drug-likeness (QED) is 0.218. The van der Waals surface area contributed by atoms with E-state index in [1.54, 1.807) is 0 Å². The maximum Gasteiger partial charge on any atom is 0.296 e. The van der Waals surface area contributed by atoms with Gasteiger partial charge in [-0.05, 0) is 29.7 Å². The fourth-order valence-electron chi connectivity index (χ4n) is 1.69. The summed E-state index contributed by atoms with van der Waals surface area (Å²) in [5.74, 6) is -0.180. The number of phenols is 1. The van der Waals surface area contributed by atoms with Gasteiger partial charge in [-0.3, -0.25) is 4.55 Å². The number of fused-ring (bicyclic) bond motifs is 1. The van der Waals surface area contributed by atoms with Gasteiger partial charge in [0.05, 0.1) is 17.7 Å². The summed E-state index contributed by atoms with van der Waals surface area (Å²) < 4.78 is 35.6. The molecule has 0 saturated heterocycles. The summed E-state index contributed by atoms with van der Waals surface area (Å²) in [5, 5.41) is 21.9. The first-order chi connectivity index (χ1) is 9.32. The molecule has 0 aliphatic heterocycles. The average molecular weight is 319 g/mol. The van der Waals surface area contributed by atoms with Gasteiger partial charge in [0.15, 0.2) is 0 Å². The Bertz CT molecular complexity index is 760. The van der Waals surface area contributed by atoms with Crippen molar-refractivity contribution >= 4 is 38.6 Å². The smallest absolute Gasteiger partial charge is 0.296 e. The summed E-state index contributed by atoms with van der Waals surface area (Å²) in [4.78, 5) is -0.138. The van der Waals surface area contributed by atoms with Crippen LogP contribution in [0.1, 0.15) is 0 Å². The van der Waals surface area contributed by atoms with Crippen LogP contribution >= 0.6 is 12.0 Å². The molecular weight excluding hydrogens is 310 g/mol. The van der Waals surface area contributed by atoms with Gasteiger partial charge < -0.3 is 10.8 Å². The largest absolute Gasteiger partial charge is 0.507 e. The molecule has 0 amide bonds. The summed E-state index contributed by atoms with van der Waals surface area (Å²) in [6, 6.07) is 5.10. The third kappa shape index (κ3) is 2.95. The van der Waals surface area contributed by atoms with Crippen molar-refractivity contribution in [2.24, 2.45) is 0 Å². The maximum absolute atomic E-state index is 11.2. The van der Waals surface area contributed by atoms with Crippen molar-refractivity contribution in [3.8, 4) is 5.75 Å². The highest BCUT2D eigenvalue weighted by molar-refractivity contribution is 7.94. The first-order valence-corrected chi connectivity index (χ1v) is 7.19. The van der Waals surface area contributed by atoms with Gasteiger partial charge in [-0.25, -0.2) is 5.26 Å². The molecule has 20 heavy (non-hydrogen) atoms. The van der Waals surface area contributed by atoms with E-state index in [0.717, 1.165) is 6.07 Å². The van der Waals surface area contributed by atoms with Crippen molar-refractivity contribution in [3.05, 3.63) is 24.3 Å². The van der Waals surface area contributed by atoms with Crippen LogP contribution in [0.2, 0.25) is 0 Å². The Morgan fingerprint density at radius 2 is 1.90 bits per heavy atom. The zero-order valence-corrected chi connectivity index (χ0v) is 11.3. The summed E-state index contributed by atoms with van der Waals surface area (Å²) in [6.07, 6.45) is 0. The van der Waals surface area contributed by atoms with Crippen molar-refractivity contribution in [1.82, 2.24) is 0 Å². The van der Waals surface area contributed by atoms with Crippen molar-refractivity contribution in [1.29, 1.82) is 0 Å². The minimum Gasteiger partial charge on any atom is -0.507 e. The van der Waals surface area contributed by atoms with Gasteiger partial charge in [0, 0.05) is 10.3 Å². The molecule has 0 aromatic heterocycles. The molecule has 10 heteroatoms. The van der Waals surface area contributed by atoms with Crippen LogP contribution < -0.4 is 5.73 Å². The number of benzene rings is 2. The Morgan fingerprint density at radius 3 is 2.50 bits per heavy atom. The zero-order chi connectivity index (χ0) is 14.9. The van der Waals surface area contributed by atoms with Gasteiger partial charge in [0.1, 0.15) is 10.6 Å². The monoisotopic (exact) mass is 319 g/mol. The van der Waals surface area contributed by atoms with E-state index in [1.165, 1.54) is 18.2 Å². The molecule has 0 radical (unpaired) electrons. The fourth-order valence-corrected chi connectivity index (χ4v) is 2.76. The molecule has 5 N–H and O–H groups in total. The molecule has 0 saturated carbocycles. The average Bonchev–Trinajstić information content (AvgIpc) is 2.35. The van der Waals surface area contributed by atoms with Crippen LogP contribution in [0.3, 0.4) is 0 Å². The highest BCUT2D eigenvalue weighted by atomic mass is 32.2. The molecule has 0 aliphatic rings. The predicted octanol–water partition coefficient (Wildman–Crippen LogP) is 1.80. The van der Waals surface area contributed by atoms with Crippen molar-refractivity contribution in [2.75, 3.05) is 5.73 Å². The van der Waals surface area contributed by atoms with Gasteiger partial charge in [0.25, 0.3) is 10.1 Å². The van der Waals surface area contributed by atoms with Crippen molar-refractivity contribution in [2.45, 2.75) is 9.79 Å². The van der Waals surface area contributed by atoms with E-state index < -0.39 is 15.0 Å². The Balaban J connectivity index is 2.65. The lowest BCUT2D eigenvalue weighted by atomic mass is 10.1. The van der Waals surface area contributed by atoms with E-state index in [-0.39, 0.29) is 11.4 Å². The minimum atomic E-state index is -4.48. The van der Waals surface area contributed by atoms with Crippen LogP contribution in [-0.4, -0.2) is 23.3 Å². The molecule has 2 rings (SSSR count). The number of nitrogens with two attached hydrogens (primary N) is 1. The van der Waals surface area contributed by atoms with Crippen LogP contribution in [-0.2, 0) is 19.5 Å². The van der Waals surface area contributed by atoms with Gasteiger partial charge in [-0.2, -0.15) is 8.42 Å². The summed E-state index contributed by atoms with van der Waals surface area (Å²) in [6.45, 7) is 0. The van der Waals surface area contributed by atoms with E-state index >= 15 is 0 Å². The number of anilines is 1. The third-order valence-corrected chi connectivity index (χ3v) is 3.94. The van der Waals surface area contributed by atoms with Crippen molar-refractivity contribution < 1.29 is 32.7 Å². The van der Waals surface area contributed by atoms with Crippen LogP contribution in [0.4, 0.5) is 5.69 Å². The zero-order valence-electron chi connectivity index (χ0n) is 9.68. The number of phenolic OH excluding ortho intramolecular Hbond substituents is 1. The summed E-state index contributed by atoms with van der Waals surface area (Å²) in [7, 11) is -4.48. The molecule has 2 aromatic rings. The van der Waals surface area contributed by atoms with E-state index in [9.17, 15) is 13.5 Å². The Morgan fingerprint density at radius 1 is 1.20 bits per heavy atom. The van der Waals surface area contributed by atoms with Crippen LogP contribution in [0.15, 0.2) is 34.1 Å². The van der Waals surface area contributed by atoms with Gasteiger partial charge in [0.2, 0.25) is 0 Å². The standard InChI is InChI=1S/C10H9NO7S2/c11-8-4-7-5(2-10(8)20(14,15)16)1-6(3-9(7)12)19-18-17-13/h1-4,12-13H,11H2,(H,14,15,16). The van der Waals surface area contributed by atoms with Gasteiger partial charge in [-0.1, -0.05) is 5.04 Å². The van der Waals surface area contributed by atoms with Crippen LogP contribution in [0.25, 0.3) is 10.8 Å². The molecule has 2 aromatic carbocycles. The van der Waals surface area contributed by atoms with E-state index in [2.05, 4.69) is 9.37 Å². The van der Waals surface area contributed by atoms with Crippen LogP contribution in [0, 0.1) is 0 Å². The fraction of sp³-hybridized carbons (Fsp3) is 0. The molecule has 0 atom stereocenters. The highest BCUT2D eigenvalue weighted by Crippen LogP contribution is 2.35. The predicted molar refractivity (Wildman–Crippen MR) is 70.5 cm³/mol. The second kappa shape index (κ2) is 5.44. The Hall–Kier alpha value is -1.56. The number of aromatic hydroxyl groups is 1. The van der Waals surface area contributed by atoms with E-state index in [0.29, 0.717) is 27.7 Å². The highest BCUT2D eigenvalue weighted by Gasteiger charge is 2.16. The SMILES string of the molecule is Nc1cc2c(O)cc(SOOO)cc2cc1S(=O)(=O)O. The minimum absolute atomic E-state index is 0.180. The second-order valence-electron chi connectivity index (χ2n) is 3.75.